The van der Waals surface area contributed by atoms with E-state index in [9.17, 15) is 9.18 Å². The number of hydrogen-bond acceptors (Lipinski definition) is 1. The molecule has 0 aliphatic heterocycles. The Kier molecular flexibility index (Phi) is 7.03. The molecule has 1 aromatic heterocycles. The number of aromatic nitrogens is 1. The summed E-state index contributed by atoms with van der Waals surface area (Å²) in [5.74, 6) is -0.397. The standard InChI is InChI=1S/C27H24ClFN2O/c28-26(23-10-5-2-6-11-23)27(32)31(19-21-8-3-1-4-9-21)20-25-12-7-17-30(25)18-22-13-15-24(29)16-14-22/h1-17,26H,18-20H2. The fraction of sp³-hybridized carbons (Fsp3) is 0.148. The van der Waals surface area contributed by atoms with Crippen LogP contribution in [0.3, 0.4) is 0 Å². The summed E-state index contributed by atoms with van der Waals surface area (Å²) in [6, 6.07) is 29.7. The van der Waals surface area contributed by atoms with Crippen molar-refractivity contribution in [2.24, 2.45) is 0 Å². The lowest BCUT2D eigenvalue weighted by Crippen LogP contribution is -2.33. The molecule has 1 atom stereocenters. The van der Waals surface area contributed by atoms with Gasteiger partial charge >= 0.3 is 0 Å². The zero-order valence-corrected chi connectivity index (χ0v) is 18.3. The van der Waals surface area contributed by atoms with Crippen molar-refractivity contribution in [3.8, 4) is 0 Å². The molecule has 4 aromatic rings. The Bertz CT molecular complexity index is 1140. The second-order valence-electron chi connectivity index (χ2n) is 7.71. The molecule has 5 heteroatoms. The molecule has 4 rings (SSSR count). The van der Waals surface area contributed by atoms with Crippen LogP contribution in [0.1, 0.15) is 27.8 Å². The van der Waals surface area contributed by atoms with Crippen LogP contribution in [-0.4, -0.2) is 15.4 Å². The van der Waals surface area contributed by atoms with Crippen LogP contribution in [0.5, 0.6) is 0 Å². The molecule has 0 radical (unpaired) electrons. The highest BCUT2D eigenvalue weighted by atomic mass is 35.5. The summed E-state index contributed by atoms with van der Waals surface area (Å²) in [6.07, 6.45) is 1.97. The van der Waals surface area contributed by atoms with Gasteiger partial charge in [0.1, 0.15) is 11.2 Å². The average Bonchev–Trinajstić information content (AvgIpc) is 3.27. The number of hydrogen-bond donors (Lipinski definition) is 0. The van der Waals surface area contributed by atoms with E-state index >= 15 is 0 Å². The Morgan fingerprint density at radius 3 is 2.16 bits per heavy atom. The molecule has 3 nitrogen and oxygen atoms in total. The second-order valence-corrected chi connectivity index (χ2v) is 8.14. The Balaban J connectivity index is 1.57. The minimum Gasteiger partial charge on any atom is -0.345 e. The van der Waals surface area contributed by atoms with Crippen LogP contribution in [0.25, 0.3) is 0 Å². The molecule has 0 aliphatic rings. The maximum absolute atomic E-state index is 13.4. The molecule has 0 fully saturated rings. The lowest BCUT2D eigenvalue weighted by molar-refractivity contribution is -0.132. The molecular weight excluding hydrogens is 423 g/mol. The molecule has 1 amide bonds. The highest BCUT2D eigenvalue weighted by Crippen LogP contribution is 2.25. The Hall–Kier alpha value is -3.37. The summed E-state index contributed by atoms with van der Waals surface area (Å²) >= 11 is 6.61. The lowest BCUT2D eigenvalue weighted by Gasteiger charge is -2.26. The average molecular weight is 447 g/mol. The Labute approximate surface area is 192 Å². The van der Waals surface area contributed by atoms with Gasteiger partial charge in [-0.05, 0) is 41.0 Å². The summed E-state index contributed by atoms with van der Waals surface area (Å²) in [7, 11) is 0. The highest BCUT2D eigenvalue weighted by molar-refractivity contribution is 6.30. The van der Waals surface area contributed by atoms with Gasteiger partial charge < -0.3 is 9.47 Å². The van der Waals surface area contributed by atoms with Gasteiger partial charge in [-0.25, -0.2) is 4.39 Å². The number of rotatable bonds is 8. The Morgan fingerprint density at radius 1 is 0.812 bits per heavy atom. The van der Waals surface area contributed by atoms with Crippen LogP contribution < -0.4 is 0 Å². The SMILES string of the molecule is O=C(C(Cl)c1ccccc1)N(Cc1ccccc1)Cc1cccn1Cc1ccc(F)cc1. The molecule has 0 aliphatic carbocycles. The van der Waals surface area contributed by atoms with Crippen molar-refractivity contribution in [2.45, 2.75) is 25.0 Å². The lowest BCUT2D eigenvalue weighted by atomic mass is 10.1. The van der Waals surface area contributed by atoms with E-state index in [1.165, 1.54) is 12.1 Å². The van der Waals surface area contributed by atoms with Gasteiger partial charge in [-0.1, -0.05) is 72.8 Å². The van der Waals surface area contributed by atoms with Gasteiger partial charge in [0.05, 0.1) is 6.54 Å². The van der Waals surface area contributed by atoms with Crippen molar-refractivity contribution in [1.29, 1.82) is 0 Å². The summed E-state index contributed by atoms with van der Waals surface area (Å²) in [5.41, 5.74) is 3.79. The van der Waals surface area contributed by atoms with E-state index in [-0.39, 0.29) is 11.7 Å². The summed E-state index contributed by atoms with van der Waals surface area (Å²) in [5, 5.41) is -0.763. The third-order valence-corrected chi connectivity index (χ3v) is 5.82. The molecule has 0 N–H and O–H groups in total. The van der Waals surface area contributed by atoms with Crippen LogP contribution in [0.4, 0.5) is 4.39 Å². The van der Waals surface area contributed by atoms with Crippen LogP contribution in [0, 0.1) is 5.82 Å². The van der Waals surface area contributed by atoms with Gasteiger partial charge in [-0.3, -0.25) is 4.79 Å². The first kappa shape index (κ1) is 21.8. The topological polar surface area (TPSA) is 25.2 Å². The molecule has 32 heavy (non-hydrogen) atoms. The number of carbonyl (C=O) groups excluding carboxylic acids is 1. The minimum atomic E-state index is -0.763. The summed E-state index contributed by atoms with van der Waals surface area (Å²) in [4.78, 5) is 15.2. The van der Waals surface area contributed by atoms with Crippen LogP contribution in [0.2, 0.25) is 0 Å². The van der Waals surface area contributed by atoms with E-state index in [2.05, 4.69) is 4.57 Å². The molecule has 1 heterocycles. The normalized spacial score (nSPS) is 11.8. The smallest absolute Gasteiger partial charge is 0.245 e. The first-order valence-corrected chi connectivity index (χ1v) is 10.9. The molecule has 0 bridgehead atoms. The number of benzene rings is 3. The van der Waals surface area contributed by atoms with Crippen molar-refractivity contribution >= 4 is 17.5 Å². The Morgan fingerprint density at radius 2 is 1.47 bits per heavy atom. The third kappa shape index (κ3) is 5.45. The van der Waals surface area contributed by atoms with Gasteiger partial charge in [0.15, 0.2) is 0 Å². The highest BCUT2D eigenvalue weighted by Gasteiger charge is 2.25. The van der Waals surface area contributed by atoms with Crippen LogP contribution in [0.15, 0.2) is 103 Å². The summed E-state index contributed by atoms with van der Waals surface area (Å²) in [6.45, 7) is 1.47. The van der Waals surface area contributed by atoms with Crippen LogP contribution in [-0.2, 0) is 24.4 Å². The van der Waals surface area contributed by atoms with Crippen molar-refractivity contribution in [1.82, 2.24) is 9.47 Å². The third-order valence-electron chi connectivity index (χ3n) is 5.38. The number of amides is 1. The van der Waals surface area contributed by atoms with Crippen molar-refractivity contribution in [2.75, 3.05) is 0 Å². The van der Waals surface area contributed by atoms with Crippen LogP contribution >= 0.6 is 11.6 Å². The van der Waals surface area contributed by atoms with Gasteiger partial charge in [-0.2, -0.15) is 0 Å². The first-order chi connectivity index (χ1) is 15.6. The maximum Gasteiger partial charge on any atom is 0.245 e. The van der Waals surface area contributed by atoms with Gasteiger partial charge in [0, 0.05) is 25.0 Å². The molecule has 0 saturated carbocycles. The minimum absolute atomic E-state index is 0.142. The van der Waals surface area contributed by atoms with E-state index in [4.69, 9.17) is 11.6 Å². The zero-order valence-electron chi connectivity index (χ0n) is 17.6. The fourth-order valence-electron chi connectivity index (χ4n) is 3.67. The first-order valence-electron chi connectivity index (χ1n) is 10.5. The van der Waals surface area contributed by atoms with Gasteiger partial charge in [0.2, 0.25) is 5.91 Å². The molecule has 3 aromatic carbocycles. The van der Waals surface area contributed by atoms with Crippen molar-refractivity contribution in [3.05, 3.63) is 131 Å². The molecule has 0 spiro atoms. The molecular formula is C27H24ClFN2O. The maximum atomic E-state index is 13.4. The van der Waals surface area contributed by atoms with E-state index in [1.54, 1.807) is 17.0 Å². The number of carbonyl (C=O) groups is 1. The number of halogens is 2. The van der Waals surface area contributed by atoms with Gasteiger partial charge in [0.25, 0.3) is 0 Å². The largest absolute Gasteiger partial charge is 0.345 e. The van der Waals surface area contributed by atoms with E-state index in [0.29, 0.717) is 19.6 Å². The molecule has 1 unspecified atom stereocenters. The van der Waals surface area contributed by atoms with E-state index in [0.717, 1.165) is 22.4 Å². The fourth-order valence-corrected chi connectivity index (χ4v) is 3.95. The van der Waals surface area contributed by atoms with E-state index < -0.39 is 5.38 Å². The molecule has 0 saturated heterocycles. The summed E-state index contributed by atoms with van der Waals surface area (Å²) < 4.78 is 15.3. The monoisotopic (exact) mass is 446 g/mol. The zero-order chi connectivity index (χ0) is 22.3. The van der Waals surface area contributed by atoms with Crippen molar-refractivity contribution in [3.63, 3.8) is 0 Å². The predicted octanol–water partition coefficient (Wildman–Crippen LogP) is 6.18. The quantitative estimate of drug-likeness (QED) is 0.296. The van der Waals surface area contributed by atoms with Crippen molar-refractivity contribution < 1.29 is 9.18 Å². The van der Waals surface area contributed by atoms with Gasteiger partial charge in [-0.15, -0.1) is 11.6 Å². The van der Waals surface area contributed by atoms with E-state index in [1.807, 2.05) is 79.0 Å². The molecule has 162 valence electrons. The number of nitrogens with zero attached hydrogens (tertiary/aromatic N) is 2. The second kappa shape index (κ2) is 10.3. The number of alkyl halides is 1. The predicted molar refractivity (Wildman–Crippen MR) is 126 cm³/mol.